The van der Waals surface area contributed by atoms with Gasteiger partial charge in [-0.15, -0.1) is 0 Å². The highest BCUT2D eigenvalue weighted by molar-refractivity contribution is 5.54. The van der Waals surface area contributed by atoms with Crippen LogP contribution in [0.1, 0.15) is 45.1 Å². The maximum atomic E-state index is 6.01. The highest BCUT2D eigenvalue weighted by atomic mass is 16.5. The minimum absolute atomic E-state index is 0.714. The number of benzene rings is 1. The van der Waals surface area contributed by atoms with Gasteiger partial charge in [0.2, 0.25) is 0 Å². The van der Waals surface area contributed by atoms with E-state index in [-0.39, 0.29) is 0 Å². The lowest BCUT2D eigenvalue weighted by Crippen LogP contribution is -2.20. The fourth-order valence-electron chi connectivity index (χ4n) is 2.10. The fourth-order valence-corrected chi connectivity index (χ4v) is 2.10. The predicted molar refractivity (Wildman–Crippen MR) is 93.6 cm³/mol. The van der Waals surface area contributed by atoms with Crippen LogP contribution in [0.4, 0.5) is 5.69 Å². The molecule has 1 aromatic carbocycles. The summed E-state index contributed by atoms with van der Waals surface area (Å²) in [6, 6.07) is 6.08. The Morgan fingerprint density at radius 1 is 1.00 bits per heavy atom. The van der Waals surface area contributed by atoms with Gasteiger partial charge in [-0.2, -0.15) is 0 Å². The van der Waals surface area contributed by atoms with E-state index in [2.05, 4.69) is 25.2 Å². The molecule has 0 saturated heterocycles. The third kappa shape index (κ3) is 8.25. The van der Waals surface area contributed by atoms with Crippen LogP contribution in [-0.2, 0) is 11.2 Å². The van der Waals surface area contributed by atoms with E-state index in [9.17, 15) is 0 Å². The Morgan fingerprint density at radius 2 is 1.82 bits per heavy atom. The van der Waals surface area contributed by atoms with Gasteiger partial charge in [0.1, 0.15) is 5.75 Å². The van der Waals surface area contributed by atoms with Crippen molar-refractivity contribution in [1.29, 1.82) is 0 Å². The zero-order valence-corrected chi connectivity index (χ0v) is 14.2. The second kappa shape index (κ2) is 12.3. The zero-order valence-electron chi connectivity index (χ0n) is 14.2. The number of anilines is 1. The molecule has 0 fully saturated rings. The number of rotatable bonds is 13. The molecule has 0 aromatic heterocycles. The summed E-state index contributed by atoms with van der Waals surface area (Å²) in [5.41, 5.74) is 7.99. The fraction of sp³-hybridized carbons (Fsp3) is 0.667. The van der Waals surface area contributed by atoms with Crippen molar-refractivity contribution in [3.8, 4) is 5.75 Å². The van der Waals surface area contributed by atoms with Crippen molar-refractivity contribution in [3.63, 3.8) is 0 Å². The smallest absolute Gasteiger partial charge is 0.142 e. The third-order valence-electron chi connectivity index (χ3n) is 3.41. The van der Waals surface area contributed by atoms with E-state index in [1.807, 2.05) is 12.1 Å². The van der Waals surface area contributed by atoms with Crippen LogP contribution in [0.2, 0.25) is 0 Å². The molecule has 0 saturated carbocycles. The van der Waals surface area contributed by atoms with Crippen LogP contribution < -0.4 is 15.8 Å². The first-order valence-corrected chi connectivity index (χ1v) is 8.57. The van der Waals surface area contributed by atoms with Gasteiger partial charge in [-0.3, -0.25) is 0 Å². The molecule has 0 aliphatic carbocycles. The summed E-state index contributed by atoms with van der Waals surface area (Å²) in [5, 5.41) is 3.44. The summed E-state index contributed by atoms with van der Waals surface area (Å²) < 4.78 is 11.1. The van der Waals surface area contributed by atoms with Gasteiger partial charge in [0.05, 0.1) is 12.3 Å². The second-order valence-corrected chi connectivity index (χ2v) is 5.54. The summed E-state index contributed by atoms with van der Waals surface area (Å²) in [7, 11) is 0. The van der Waals surface area contributed by atoms with Crippen LogP contribution in [0.15, 0.2) is 18.2 Å². The van der Waals surface area contributed by atoms with Crippen LogP contribution >= 0.6 is 0 Å². The lowest BCUT2D eigenvalue weighted by molar-refractivity contribution is 0.129. The van der Waals surface area contributed by atoms with Gasteiger partial charge in [0.25, 0.3) is 0 Å². The molecule has 0 aliphatic heterocycles. The van der Waals surface area contributed by atoms with Crippen molar-refractivity contribution >= 4 is 5.69 Å². The van der Waals surface area contributed by atoms with E-state index in [1.165, 1.54) is 12.0 Å². The number of nitrogens with one attached hydrogen (secondary N) is 1. The molecule has 4 heteroatoms. The van der Waals surface area contributed by atoms with Gasteiger partial charge in [0, 0.05) is 13.2 Å². The number of unbranched alkanes of at least 4 members (excludes halogenated alkanes) is 1. The third-order valence-corrected chi connectivity index (χ3v) is 3.41. The van der Waals surface area contributed by atoms with Gasteiger partial charge in [-0.1, -0.05) is 26.3 Å². The summed E-state index contributed by atoms with van der Waals surface area (Å²) in [4.78, 5) is 0. The van der Waals surface area contributed by atoms with E-state index in [0.717, 1.165) is 63.4 Å². The number of hydrogen-bond acceptors (Lipinski definition) is 4. The molecular weight excluding hydrogens is 276 g/mol. The van der Waals surface area contributed by atoms with E-state index in [4.69, 9.17) is 15.2 Å². The first kappa shape index (κ1) is 18.8. The van der Waals surface area contributed by atoms with Crippen molar-refractivity contribution in [1.82, 2.24) is 5.32 Å². The zero-order chi connectivity index (χ0) is 16.0. The maximum Gasteiger partial charge on any atom is 0.142 e. The summed E-state index contributed by atoms with van der Waals surface area (Å²) in [6.45, 7) is 8.69. The molecule has 0 bridgehead atoms. The average molecular weight is 308 g/mol. The molecular formula is C18H32N2O2. The van der Waals surface area contributed by atoms with Crippen LogP contribution in [0.25, 0.3) is 0 Å². The van der Waals surface area contributed by atoms with Gasteiger partial charge in [0.15, 0.2) is 0 Å². The molecule has 0 aliphatic rings. The molecule has 0 amide bonds. The SMILES string of the molecule is CCCCOCCCNCCc1ccc(OCCC)c(N)c1. The van der Waals surface area contributed by atoms with E-state index >= 15 is 0 Å². The number of hydrogen-bond donors (Lipinski definition) is 2. The first-order chi connectivity index (χ1) is 10.8. The first-order valence-electron chi connectivity index (χ1n) is 8.57. The highest BCUT2D eigenvalue weighted by Crippen LogP contribution is 2.22. The monoisotopic (exact) mass is 308 g/mol. The lowest BCUT2D eigenvalue weighted by Gasteiger charge is -2.10. The van der Waals surface area contributed by atoms with Crippen LogP contribution in [0.3, 0.4) is 0 Å². The summed E-state index contributed by atoms with van der Waals surface area (Å²) in [6.07, 6.45) is 5.40. The quantitative estimate of drug-likeness (QED) is 0.433. The van der Waals surface area contributed by atoms with Crippen LogP contribution in [-0.4, -0.2) is 32.9 Å². The molecule has 1 aromatic rings. The van der Waals surface area contributed by atoms with E-state index in [0.29, 0.717) is 6.61 Å². The Balaban J connectivity index is 2.11. The molecule has 126 valence electrons. The maximum absolute atomic E-state index is 6.01. The number of ether oxygens (including phenoxy) is 2. The topological polar surface area (TPSA) is 56.5 Å². The van der Waals surface area contributed by atoms with Crippen molar-refractivity contribution in [3.05, 3.63) is 23.8 Å². The van der Waals surface area contributed by atoms with Gasteiger partial charge < -0.3 is 20.5 Å². The number of nitrogens with two attached hydrogens (primary N) is 1. The minimum Gasteiger partial charge on any atom is -0.491 e. The lowest BCUT2D eigenvalue weighted by atomic mass is 10.1. The molecule has 4 nitrogen and oxygen atoms in total. The normalized spacial score (nSPS) is 10.8. The van der Waals surface area contributed by atoms with Crippen molar-refractivity contribution < 1.29 is 9.47 Å². The van der Waals surface area contributed by atoms with E-state index < -0.39 is 0 Å². The molecule has 0 unspecified atom stereocenters. The van der Waals surface area contributed by atoms with E-state index in [1.54, 1.807) is 0 Å². The summed E-state index contributed by atoms with van der Waals surface area (Å²) >= 11 is 0. The van der Waals surface area contributed by atoms with Gasteiger partial charge in [-0.25, -0.2) is 0 Å². The molecule has 0 atom stereocenters. The van der Waals surface area contributed by atoms with Gasteiger partial charge >= 0.3 is 0 Å². The van der Waals surface area contributed by atoms with Crippen molar-refractivity contribution in [2.24, 2.45) is 0 Å². The summed E-state index contributed by atoms with van der Waals surface area (Å²) in [5.74, 6) is 0.794. The Hall–Kier alpha value is -1.26. The molecule has 22 heavy (non-hydrogen) atoms. The number of nitrogen functional groups attached to an aromatic ring is 1. The van der Waals surface area contributed by atoms with Crippen molar-refractivity contribution in [2.45, 2.75) is 46.0 Å². The Kier molecular flexibility index (Phi) is 10.5. The standard InChI is InChI=1S/C18H32N2O2/c1-3-5-13-21-14-6-10-20-11-9-16-7-8-18(17(19)15-16)22-12-4-2/h7-8,15,20H,3-6,9-14,19H2,1-2H3. The van der Waals surface area contributed by atoms with Gasteiger partial charge in [-0.05, 0) is 56.5 Å². The second-order valence-electron chi connectivity index (χ2n) is 5.54. The minimum atomic E-state index is 0.714. The predicted octanol–water partition coefficient (Wildman–Crippen LogP) is 3.40. The highest BCUT2D eigenvalue weighted by Gasteiger charge is 2.02. The molecule has 0 spiro atoms. The van der Waals surface area contributed by atoms with Crippen molar-refractivity contribution in [2.75, 3.05) is 38.6 Å². The van der Waals surface area contributed by atoms with Crippen LogP contribution in [0, 0.1) is 0 Å². The Morgan fingerprint density at radius 3 is 2.55 bits per heavy atom. The average Bonchev–Trinajstić information content (AvgIpc) is 2.52. The molecule has 0 radical (unpaired) electrons. The Labute approximate surface area is 135 Å². The Bertz CT molecular complexity index is 397. The largest absolute Gasteiger partial charge is 0.491 e. The van der Waals surface area contributed by atoms with Crippen LogP contribution in [0.5, 0.6) is 5.75 Å². The molecule has 1 rings (SSSR count). The molecule has 3 N–H and O–H groups in total. The molecule has 0 heterocycles.